The molecule has 0 fully saturated rings. The van der Waals surface area contributed by atoms with Crippen LogP contribution in [0.5, 0.6) is 0 Å². The van der Waals surface area contributed by atoms with Gasteiger partial charge in [0.25, 0.3) is 0 Å². The minimum absolute atomic E-state index is 0.0820. The number of nitrogens with one attached hydrogen (secondary N) is 2. The van der Waals surface area contributed by atoms with Gasteiger partial charge in [-0.3, -0.25) is 4.79 Å². The average Bonchev–Trinajstić information content (AvgIpc) is 2.77. The van der Waals surface area contributed by atoms with Crippen LogP contribution in [0.3, 0.4) is 0 Å². The molecule has 0 saturated heterocycles. The zero-order chi connectivity index (χ0) is 24.3. The molecule has 0 aliphatic carbocycles. The summed E-state index contributed by atoms with van der Waals surface area (Å²) in [5, 5.41) is 5.77. The highest BCUT2D eigenvalue weighted by atomic mass is 19.4. The van der Waals surface area contributed by atoms with E-state index >= 15 is 0 Å². The number of hydrogen-bond donors (Lipinski definition) is 2. The first kappa shape index (κ1) is 26.4. The van der Waals surface area contributed by atoms with Crippen molar-refractivity contribution < 1.29 is 18.0 Å². The number of amides is 1. The zero-order valence-corrected chi connectivity index (χ0v) is 19.6. The number of carbonyl (C=O) groups is 1. The molecular formula is C24H34F3N5O. The predicted octanol–water partition coefficient (Wildman–Crippen LogP) is 6.17. The second-order valence-electron chi connectivity index (χ2n) is 8.01. The van der Waals surface area contributed by atoms with Crippen LogP contribution in [0.4, 0.5) is 30.6 Å². The molecule has 9 heteroatoms. The van der Waals surface area contributed by atoms with Gasteiger partial charge >= 0.3 is 6.18 Å². The highest BCUT2D eigenvalue weighted by Crippen LogP contribution is 2.34. The Bertz CT molecular complexity index is 889. The van der Waals surface area contributed by atoms with Crippen LogP contribution < -0.4 is 10.6 Å². The van der Waals surface area contributed by atoms with Crippen molar-refractivity contribution in [2.75, 3.05) is 30.3 Å². The van der Waals surface area contributed by atoms with Crippen LogP contribution in [0.1, 0.15) is 63.5 Å². The van der Waals surface area contributed by atoms with Gasteiger partial charge in [-0.1, -0.05) is 44.9 Å². The lowest BCUT2D eigenvalue weighted by Crippen LogP contribution is -2.33. The van der Waals surface area contributed by atoms with Crippen LogP contribution in [0.15, 0.2) is 30.5 Å². The average molecular weight is 466 g/mol. The number of benzene rings is 1. The fourth-order valence-electron chi connectivity index (χ4n) is 3.41. The maximum Gasteiger partial charge on any atom is 0.421 e. The van der Waals surface area contributed by atoms with E-state index in [0.29, 0.717) is 25.9 Å². The number of unbranched alkanes of at least 4 members (excludes halogenated alkanes) is 2. The number of nitrogens with zero attached hydrogens (tertiary/aromatic N) is 3. The summed E-state index contributed by atoms with van der Waals surface area (Å²) in [6.07, 6.45) is 1.00. The molecule has 2 rings (SSSR count). The van der Waals surface area contributed by atoms with Gasteiger partial charge < -0.3 is 15.5 Å². The molecule has 6 nitrogen and oxygen atoms in total. The van der Waals surface area contributed by atoms with E-state index in [1.807, 2.05) is 38.1 Å². The van der Waals surface area contributed by atoms with Crippen molar-refractivity contribution in [3.05, 3.63) is 41.6 Å². The van der Waals surface area contributed by atoms with Crippen LogP contribution in [-0.4, -0.2) is 40.4 Å². The Hall–Kier alpha value is -2.84. The SMILES string of the molecule is CCCCCC(=O)N(CCC)CCCNc1nc(Nc2ccccc2C)ncc1C(F)(F)F. The van der Waals surface area contributed by atoms with Crippen molar-refractivity contribution >= 4 is 23.4 Å². The lowest BCUT2D eigenvalue weighted by molar-refractivity contribution is -0.137. The first-order chi connectivity index (χ1) is 15.8. The number of hydrogen-bond acceptors (Lipinski definition) is 5. The number of para-hydroxylation sites is 1. The first-order valence-electron chi connectivity index (χ1n) is 11.5. The second kappa shape index (κ2) is 13.0. The number of aromatic nitrogens is 2. The highest BCUT2D eigenvalue weighted by Gasteiger charge is 2.35. The van der Waals surface area contributed by atoms with Gasteiger partial charge in [-0.05, 0) is 37.8 Å². The third-order valence-corrected chi connectivity index (χ3v) is 5.22. The van der Waals surface area contributed by atoms with Crippen molar-refractivity contribution in [1.82, 2.24) is 14.9 Å². The van der Waals surface area contributed by atoms with E-state index in [2.05, 4.69) is 27.5 Å². The Kier molecular flexibility index (Phi) is 10.4. The molecule has 0 bridgehead atoms. The van der Waals surface area contributed by atoms with Crippen LogP contribution in [-0.2, 0) is 11.0 Å². The van der Waals surface area contributed by atoms with E-state index in [0.717, 1.165) is 43.1 Å². The Morgan fingerprint density at radius 3 is 2.48 bits per heavy atom. The zero-order valence-electron chi connectivity index (χ0n) is 19.6. The summed E-state index contributed by atoms with van der Waals surface area (Å²) in [6, 6.07) is 7.39. The molecule has 33 heavy (non-hydrogen) atoms. The summed E-state index contributed by atoms with van der Waals surface area (Å²) in [5.41, 5.74) is 0.731. The normalized spacial score (nSPS) is 11.3. The Labute approximate surface area is 194 Å². The van der Waals surface area contributed by atoms with Crippen LogP contribution >= 0.6 is 0 Å². The van der Waals surface area contributed by atoms with E-state index < -0.39 is 11.7 Å². The molecule has 2 aromatic rings. The maximum atomic E-state index is 13.5. The van der Waals surface area contributed by atoms with E-state index in [4.69, 9.17) is 0 Å². The number of rotatable bonds is 13. The van der Waals surface area contributed by atoms with Crippen LogP contribution in [0.2, 0.25) is 0 Å². The standard InChI is InChI=1S/C24H34F3N5O/c1-4-6-7-13-21(33)32(15-5-2)16-10-14-28-22-19(24(25,26)27)17-29-23(31-22)30-20-12-9-8-11-18(20)3/h8-9,11-12,17H,4-7,10,13-16H2,1-3H3,(H2,28,29,30,31). The number of aryl methyl sites for hydroxylation is 1. The first-order valence-corrected chi connectivity index (χ1v) is 11.5. The van der Waals surface area contributed by atoms with Gasteiger partial charge in [0.15, 0.2) is 0 Å². The van der Waals surface area contributed by atoms with Crippen molar-refractivity contribution in [2.24, 2.45) is 0 Å². The Morgan fingerprint density at radius 2 is 1.82 bits per heavy atom. The summed E-state index contributed by atoms with van der Waals surface area (Å²) in [7, 11) is 0. The van der Waals surface area contributed by atoms with E-state index in [9.17, 15) is 18.0 Å². The lowest BCUT2D eigenvalue weighted by Gasteiger charge is -2.22. The second-order valence-corrected chi connectivity index (χ2v) is 8.01. The van der Waals surface area contributed by atoms with E-state index in [-0.39, 0.29) is 24.2 Å². The molecule has 1 aromatic heterocycles. The number of alkyl halides is 3. The van der Waals surface area contributed by atoms with Crippen LogP contribution in [0.25, 0.3) is 0 Å². The summed E-state index contributed by atoms with van der Waals surface area (Å²) in [6.45, 7) is 7.38. The third-order valence-electron chi connectivity index (χ3n) is 5.22. The van der Waals surface area contributed by atoms with Gasteiger partial charge in [-0.15, -0.1) is 0 Å². The van der Waals surface area contributed by atoms with E-state index in [1.54, 1.807) is 4.90 Å². The summed E-state index contributed by atoms with van der Waals surface area (Å²) in [4.78, 5) is 22.2. The van der Waals surface area contributed by atoms with Gasteiger partial charge in [0.05, 0.1) is 0 Å². The fourth-order valence-corrected chi connectivity index (χ4v) is 3.41. The van der Waals surface area contributed by atoms with Crippen molar-refractivity contribution in [3.63, 3.8) is 0 Å². The molecule has 0 spiro atoms. The molecule has 0 aliphatic rings. The summed E-state index contributed by atoms with van der Waals surface area (Å²) >= 11 is 0. The molecule has 2 N–H and O–H groups in total. The minimum atomic E-state index is -4.58. The topological polar surface area (TPSA) is 70.2 Å². The molecule has 0 atom stereocenters. The lowest BCUT2D eigenvalue weighted by atomic mass is 10.2. The quantitative estimate of drug-likeness (QED) is 0.346. The van der Waals surface area contributed by atoms with Crippen molar-refractivity contribution in [3.8, 4) is 0 Å². The molecule has 0 radical (unpaired) electrons. The number of anilines is 3. The van der Waals surface area contributed by atoms with Gasteiger partial charge in [0, 0.05) is 37.9 Å². The Morgan fingerprint density at radius 1 is 1.06 bits per heavy atom. The van der Waals surface area contributed by atoms with Crippen molar-refractivity contribution in [2.45, 2.75) is 65.5 Å². The van der Waals surface area contributed by atoms with E-state index in [1.165, 1.54) is 0 Å². The minimum Gasteiger partial charge on any atom is -0.369 e. The number of carbonyl (C=O) groups excluding carboxylic acids is 1. The molecule has 0 saturated carbocycles. The molecule has 1 aromatic carbocycles. The van der Waals surface area contributed by atoms with Crippen LogP contribution in [0, 0.1) is 6.92 Å². The molecule has 0 unspecified atom stereocenters. The smallest absolute Gasteiger partial charge is 0.369 e. The van der Waals surface area contributed by atoms with Gasteiger partial charge in [0.1, 0.15) is 11.4 Å². The maximum absolute atomic E-state index is 13.5. The van der Waals surface area contributed by atoms with Gasteiger partial charge in [-0.2, -0.15) is 18.2 Å². The monoisotopic (exact) mass is 465 g/mol. The molecule has 1 heterocycles. The molecule has 182 valence electrons. The third kappa shape index (κ3) is 8.55. The highest BCUT2D eigenvalue weighted by molar-refractivity contribution is 5.76. The summed E-state index contributed by atoms with van der Waals surface area (Å²) in [5.74, 6) is -0.0866. The summed E-state index contributed by atoms with van der Waals surface area (Å²) < 4.78 is 40.4. The molecule has 0 aliphatic heterocycles. The number of halogens is 3. The van der Waals surface area contributed by atoms with Crippen molar-refractivity contribution in [1.29, 1.82) is 0 Å². The largest absolute Gasteiger partial charge is 0.421 e. The Balaban J connectivity index is 2.03. The fraction of sp³-hybridized carbons (Fsp3) is 0.542. The predicted molar refractivity (Wildman–Crippen MR) is 126 cm³/mol. The molecular weight excluding hydrogens is 431 g/mol. The molecule has 1 amide bonds. The van der Waals surface area contributed by atoms with Gasteiger partial charge in [0.2, 0.25) is 11.9 Å². The van der Waals surface area contributed by atoms with Gasteiger partial charge in [-0.25, -0.2) is 4.98 Å².